The van der Waals surface area contributed by atoms with E-state index in [1.54, 1.807) is 0 Å². The Kier molecular flexibility index (Phi) is 2.52. The molecule has 1 aromatic rings. The fraction of sp³-hybridized carbons (Fsp3) is 0. The Labute approximate surface area is 75.9 Å². The number of aromatic nitrogens is 1. The lowest BCUT2D eigenvalue weighted by Crippen LogP contribution is -1.91. The van der Waals surface area contributed by atoms with Crippen molar-refractivity contribution in [1.29, 1.82) is 0 Å². The molecule has 1 heterocycles. The van der Waals surface area contributed by atoms with Crippen LogP contribution in [0.15, 0.2) is 0 Å². The van der Waals surface area contributed by atoms with Crippen LogP contribution in [0.5, 0.6) is 0 Å². The predicted molar refractivity (Wildman–Crippen MR) is 39.2 cm³/mol. The second kappa shape index (κ2) is 3.09. The van der Waals surface area contributed by atoms with Crippen LogP contribution in [-0.4, -0.2) is 4.98 Å². The standard InChI is InChI=1S/C5Cl3F2N/c6-1-2(9)4(7)11-5(8)3(1)10. The van der Waals surface area contributed by atoms with E-state index in [0.29, 0.717) is 0 Å². The molecule has 0 aliphatic heterocycles. The van der Waals surface area contributed by atoms with Crippen molar-refractivity contribution in [2.24, 2.45) is 0 Å². The quantitative estimate of drug-likeness (QED) is 0.609. The van der Waals surface area contributed by atoms with Gasteiger partial charge < -0.3 is 0 Å². The van der Waals surface area contributed by atoms with Crippen molar-refractivity contribution in [3.8, 4) is 0 Å². The van der Waals surface area contributed by atoms with Gasteiger partial charge in [-0.3, -0.25) is 0 Å². The van der Waals surface area contributed by atoms with Gasteiger partial charge in [-0.25, -0.2) is 13.8 Å². The molecule has 1 aromatic heterocycles. The van der Waals surface area contributed by atoms with E-state index < -0.39 is 27.0 Å². The molecule has 0 spiro atoms. The third-order valence-corrected chi connectivity index (χ3v) is 1.78. The van der Waals surface area contributed by atoms with Crippen LogP contribution in [0.25, 0.3) is 0 Å². The second-order valence-corrected chi connectivity index (χ2v) is 2.73. The maximum absolute atomic E-state index is 12.5. The highest BCUT2D eigenvalue weighted by Gasteiger charge is 2.15. The average molecular weight is 218 g/mol. The Morgan fingerprint density at radius 2 is 1.27 bits per heavy atom. The lowest BCUT2D eigenvalue weighted by Gasteiger charge is -1.98. The monoisotopic (exact) mass is 217 g/mol. The smallest absolute Gasteiger partial charge is 0.182 e. The number of nitrogens with zero attached hydrogens (tertiary/aromatic N) is 1. The molecule has 0 fully saturated rings. The van der Waals surface area contributed by atoms with Crippen molar-refractivity contribution in [2.75, 3.05) is 0 Å². The molecule has 0 N–H and O–H groups in total. The van der Waals surface area contributed by atoms with E-state index in [1.165, 1.54) is 0 Å². The average Bonchev–Trinajstić information content (AvgIpc) is 1.97. The number of rotatable bonds is 0. The van der Waals surface area contributed by atoms with Crippen LogP contribution in [0.1, 0.15) is 0 Å². The summed E-state index contributed by atoms with van der Waals surface area (Å²) in [6.45, 7) is 0. The molecule has 0 saturated heterocycles. The van der Waals surface area contributed by atoms with Gasteiger partial charge in [-0.1, -0.05) is 34.8 Å². The fourth-order valence-electron chi connectivity index (χ4n) is 0.462. The summed E-state index contributed by atoms with van der Waals surface area (Å²) in [6.07, 6.45) is 0. The molecule has 0 aliphatic carbocycles. The molecule has 0 aromatic carbocycles. The van der Waals surface area contributed by atoms with Gasteiger partial charge in [0.1, 0.15) is 5.02 Å². The third-order valence-electron chi connectivity index (χ3n) is 0.944. The molecule has 0 bridgehead atoms. The maximum atomic E-state index is 12.5. The molecule has 6 heteroatoms. The molecule has 0 unspecified atom stereocenters. The zero-order valence-corrected chi connectivity index (χ0v) is 7.10. The van der Waals surface area contributed by atoms with Gasteiger partial charge in [-0.05, 0) is 0 Å². The zero-order chi connectivity index (χ0) is 8.59. The van der Waals surface area contributed by atoms with Crippen LogP contribution < -0.4 is 0 Å². The van der Waals surface area contributed by atoms with Gasteiger partial charge in [0, 0.05) is 0 Å². The van der Waals surface area contributed by atoms with Crippen LogP contribution >= 0.6 is 34.8 Å². The van der Waals surface area contributed by atoms with Crippen molar-refractivity contribution < 1.29 is 8.78 Å². The van der Waals surface area contributed by atoms with Gasteiger partial charge in [0.15, 0.2) is 21.9 Å². The summed E-state index contributed by atoms with van der Waals surface area (Å²) in [5.74, 6) is -2.20. The molecule has 0 radical (unpaired) electrons. The van der Waals surface area contributed by atoms with Crippen molar-refractivity contribution in [2.45, 2.75) is 0 Å². The fourth-order valence-corrected chi connectivity index (χ4v) is 1.14. The van der Waals surface area contributed by atoms with E-state index in [4.69, 9.17) is 34.8 Å². The van der Waals surface area contributed by atoms with Gasteiger partial charge in [0.05, 0.1) is 0 Å². The molecule has 11 heavy (non-hydrogen) atoms. The Morgan fingerprint density at radius 1 is 0.909 bits per heavy atom. The predicted octanol–water partition coefficient (Wildman–Crippen LogP) is 3.32. The largest absolute Gasteiger partial charge is 0.218 e. The summed E-state index contributed by atoms with van der Waals surface area (Å²) in [7, 11) is 0. The summed E-state index contributed by atoms with van der Waals surface area (Å²) >= 11 is 15.5. The van der Waals surface area contributed by atoms with Crippen molar-refractivity contribution in [3.63, 3.8) is 0 Å². The van der Waals surface area contributed by atoms with Gasteiger partial charge in [-0.15, -0.1) is 0 Å². The summed E-state index contributed by atoms with van der Waals surface area (Å²) < 4.78 is 25.1. The zero-order valence-electron chi connectivity index (χ0n) is 4.84. The minimum atomic E-state index is -1.10. The van der Waals surface area contributed by atoms with Gasteiger partial charge in [-0.2, -0.15) is 0 Å². The highest BCUT2D eigenvalue weighted by Crippen LogP contribution is 2.27. The van der Waals surface area contributed by atoms with E-state index in [0.717, 1.165) is 0 Å². The lowest BCUT2D eigenvalue weighted by atomic mass is 10.4. The van der Waals surface area contributed by atoms with Gasteiger partial charge >= 0.3 is 0 Å². The van der Waals surface area contributed by atoms with E-state index in [1.807, 2.05) is 0 Å². The normalized spacial score (nSPS) is 10.3. The van der Waals surface area contributed by atoms with Crippen LogP contribution in [-0.2, 0) is 0 Å². The molecule has 0 saturated carbocycles. The first-order valence-corrected chi connectivity index (χ1v) is 3.53. The molecular formula is C5Cl3F2N. The summed E-state index contributed by atoms with van der Waals surface area (Å²) in [5, 5.41) is -1.82. The Hall–Kier alpha value is -0.120. The Balaban J connectivity index is 3.46. The molecule has 60 valence electrons. The van der Waals surface area contributed by atoms with E-state index in [-0.39, 0.29) is 0 Å². The first-order valence-electron chi connectivity index (χ1n) is 2.39. The lowest BCUT2D eigenvalue weighted by molar-refractivity contribution is 0.574. The van der Waals surface area contributed by atoms with E-state index in [2.05, 4.69) is 4.98 Å². The van der Waals surface area contributed by atoms with Crippen LogP contribution in [0.2, 0.25) is 15.3 Å². The van der Waals surface area contributed by atoms with Crippen LogP contribution in [0.4, 0.5) is 8.78 Å². The summed E-state index contributed by atoms with van der Waals surface area (Å²) in [5.41, 5.74) is 0. The van der Waals surface area contributed by atoms with Crippen molar-refractivity contribution in [1.82, 2.24) is 4.98 Å². The minimum absolute atomic E-state index is 0.540. The maximum Gasteiger partial charge on any atom is 0.182 e. The summed E-state index contributed by atoms with van der Waals surface area (Å²) in [4.78, 5) is 3.13. The highest BCUT2D eigenvalue weighted by atomic mass is 35.5. The number of hydrogen-bond acceptors (Lipinski definition) is 1. The molecule has 0 aliphatic rings. The van der Waals surface area contributed by atoms with E-state index >= 15 is 0 Å². The third kappa shape index (κ3) is 1.55. The molecule has 1 rings (SSSR count). The number of pyridine rings is 1. The topological polar surface area (TPSA) is 12.9 Å². The Bertz CT molecular complexity index is 276. The van der Waals surface area contributed by atoms with Crippen molar-refractivity contribution in [3.05, 3.63) is 27.0 Å². The van der Waals surface area contributed by atoms with Crippen LogP contribution in [0.3, 0.4) is 0 Å². The molecule has 0 amide bonds. The van der Waals surface area contributed by atoms with Gasteiger partial charge in [0.25, 0.3) is 0 Å². The first-order chi connectivity index (χ1) is 5.04. The second-order valence-electron chi connectivity index (χ2n) is 1.64. The minimum Gasteiger partial charge on any atom is -0.218 e. The van der Waals surface area contributed by atoms with E-state index in [9.17, 15) is 8.78 Å². The number of hydrogen-bond donors (Lipinski definition) is 0. The number of halogens is 5. The highest BCUT2D eigenvalue weighted by molar-refractivity contribution is 6.37. The van der Waals surface area contributed by atoms with Gasteiger partial charge in [0.2, 0.25) is 0 Å². The molecular weight excluding hydrogens is 218 g/mol. The molecule has 1 nitrogen and oxygen atoms in total. The van der Waals surface area contributed by atoms with Crippen LogP contribution in [0, 0.1) is 11.6 Å². The molecule has 0 atom stereocenters. The van der Waals surface area contributed by atoms with Crippen molar-refractivity contribution >= 4 is 34.8 Å². The first kappa shape index (κ1) is 8.97. The Morgan fingerprint density at radius 3 is 1.64 bits per heavy atom. The summed E-state index contributed by atoms with van der Waals surface area (Å²) in [6, 6.07) is 0. The SMILES string of the molecule is Fc1c(Cl)nc(Cl)c(F)c1Cl.